The normalized spacial score (nSPS) is 14.8. The summed E-state index contributed by atoms with van der Waals surface area (Å²) in [6, 6.07) is 18.1. The quantitative estimate of drug-likeness (QED) is 0.495. The summed E-state index contributed by atoms with van der Waals surface area (Å²) in [6.45, 7) is 1.57. The molecule has 0 aliphatic carbocycles. The van der Waals surface area contributed by atoms with E-state index in [0.717, 1.165) is 70.3 Å². The van der Waals surface area contributed by atoms with Crippen LogP contribution >= 0.6 is 11.6 Å². The van der Waals surface area contributed by atoms with Gasteiger partial charge < -0.3 is 15.2 Å². The Morgan fingerprint density at radius 3 is 2.34 bits per heavy atom. The molecule has 5 rings (SSSR count). The number of imidazole rings is 1. The van der Waals surface area contributed by atoms with E-state index in [4.69, 9.17) is 22.3 Å². The van der Waals surface area contributed by atoms with Crippen molar-refractivity contribution in [1.82, 2.24) is 14.5 Å². The zero-order valence-electron chi connectivity index (χ0n) is 17.8. The van der Waals surface area contributed by atoms with E-state index >= 15 is 0 Å². The molecule has 0 saturated carbocycles. The molecule has 1 fully saturated rings. The van der Waals surface area contributed by atoms with E-state index in [2.05, 4.69) is 38.7 Å². The fourth-order valence-corrected chi connectivity index (χ4v) is 4.50. The van der Waals surface area contributed by atoms with Gasteiger partial charge in [0.25, 0.3) is 0 Å². The molecule has 2 N–H and O–H groups in total. The van der Waals surface area contributed by atoms with Crippen molar-refractivity contribution in [3.63, 3.8) is 0 Å². The third-order valence-corrected chi connectivity index (χ3v) is 6.53. The number of pyridine rings is 1. The smallest absolute Gasteiger partial charge is 0.220 e. The summed E-state index contributed by atoms with van der Waals surface area (Å²) in [5.41, 5.74) is 11.5. The second-order valence-corrected chi connectivity index (χ2v) is 8.71. The Morgan fingerprint density at radius 2 is 1.69 bits per heavy atom. The first-order valence-corrected chi connectivity index (χ1v) is 11.1. The van der Waals surface area contributed by atoms with E-state index in [1.165, 1.54) is 0 Å². The van der Waals surface area contributed by atoms with Crippen molar-refractivity contribution in [3.05, 3.63) is 65.8 Å². The molecule has 0 atom stereocenters. The van der Waals surface area contributed by atoms with Gasteiger partial charge in [-0.1, -0.05) is 35.9 Å². The van der Waals surface area contributed by atoms with E-state index in [0.29, 0.717) is 0 Å². The number of benzene rings is 2. The molecular formula is C25H24ClN5O. The third kappa shape index (κ3) is 3.82. The van der Waals surface area contributed by atoms with E-state index < -0.39 is 0 Å². The molecule has 7 heteroatoms. The number of nitrogens with two attached hydrogens (primary N) is 1. The number of fused-ring (bicyclic) bond motifs is 1. The summed E-state index contributed by atoms with van der Waals surface area (Å²) >= 11 is 5.99. The Kier molecular flexibility index (Phi) is 5.31. The molecule has 0 unspecified atom stereocenters. The maximum absolute atomic E-state index is 11.5. The minimum atomic E-state index is -0.200. The predicted molar refractivity (Wildman–Crippen MR) is 129 cm³/mol. The van der Waals surface area contributed by atoms with Crippen LogP contribution < -0.4 is 10.6 Å². The Bertz CT molecular complexity index is 1270. The number of carbonyl (C=O) groups is 1. The lowest BCUT2D eigenvalue weighted by Gasteiger charge is -2.31. The van der Waals surface area contributed by atoms with E-state index in [9.17, 15) is 4.79 Å². The molecule has 162 valence electrons. The summed E-state index contributed by atoms with van der Waals surface area (Å²) < 4.78 is 2.11. The molecule has 1 saturated heterocycles. The molecule has 0 spiro atoms. The highest BCUT2D eigenvalue weighted by Crippen LogP contribution is 2.29. The van der Waals surface area contributed by atoms with Gasteiger partial charge in [-0.3, -0.25) is 9.78 Å². The molecule has 0 radical (unpaired) electrons. The molecule has 2 aromatic heterocycles. The van der Waals surface area contributed by atoms with Gasteiger partial charge in [0, 0.05) is 48.4 Å². The Morgan fingerprint density at radius 1 is 1.00 bits per heavy atom. The average molecular weight is 446 g/mol. The van der Waals surface area contributed by atoms with E-state index in [1.807, 2.05) is 43.6 Å². The number of anilines is 1. The zero-order valence-corrected chi connectivity index (χ0v) is 18.6. The number of hydrogen-bond donors (Lipinski definition) is 1. The fraction of sp³-hybridized carbons (Fsp3) is 0.240. The molecule has 3 heterocycles. The van der Waals surface area contributed by atoms with Gasteiger partial charge in [-0.05, 0) is 48.7 Å². The predicted octanol–water partition coefficient (Wildman–Crippen LogP) is 4.66. The zero-order chi connectivity index (χ0) is 22.2. The molecule has 32 heavy (non-hydrogen) atoms. The Balaban J connectivity index is 1.40. The number of amides is 1. The number of primary amides is 1. The molecular weight excluding hydrogens is 422 g/mol. The molecule has 4 aromatic rings. The first-order chi connectivity index (χ1) is 15.5. The molecule has 1 aliphatic rings. The minimum absolute atomic E-state index is 0.0329. The number of rotatable bonds is 4. The number of nitrogens with zero attached hydrogens (tertiary/aromatic N) is 4. The SMILES string of the molecule is Cn1c(N2CCC(C(N)=O)CC2)nc2cc(-c3ccc(-c4ccc(Cl)cc4)cn3)ccc21. The lowest BCUT2D eigenvalue weighted by atomic mass is 9.96. The lowest BCUT2D eigenvalue weighted by molar-refractivity contribution is -0.122. The van der Waals surface area contributed by atoms with E-state index in [-0.39, 0.29) is 11.8 Å². The second kappa shape index (κ2) is 8.28. The van der Waals surface area contributed by atoms with Gasteiger partial charge in [-0.15, -0.1) is 0 Å². The van der Waals surface area contributed by atoms with Crippen LogP contribution in [0, 0.1) is 5.92 Å². The molecule has 6 nitrogen and oxygen atoms in total. The maximum Gasteiger partial charge on any atom is 0.220 e. The standard InChI is InChI=1S/C25H24ClN5O/c1-30-23-9-5-18(21-8-4-19(15-28-21)16-2-6-20(26)7-3-16)14-22(23)29-25(30)31-12-10-17(11-13-31)24(27)32/h2-9,14-15,17H,10-13H2,1H3,(H2,27,32). The van der Waals surface area contributed by atoms with Gasteiger partial charge in [0.1, 0.15) is 0 Å². The molecule has 0 bridgehead atoms. The maximum atomic E-state index is 11.5. The van der Waals surface area contributed by atoms with Crippen molar-refractivity contribution in [1.29, 1.82) is 0 Å². The molecule has 2 aromatic carbocycles. The highest BCUT2D eigenvalue weighted by atomic mass is 35.5. The summed E-state index contributed by atoms with van der Waals surface area (Å²) in [6.07, 6.45) is 3.43. The first-order valence-electron chi connectivity index (χ1n) is 10.7. The van der Waals surface area contributed by atoms with Crippen molar-refractivity contribution in [2.75, 3.05) is 18.0 Å². The van der Waals surface area contributed by atoms with E-state index in [1.54, 1.807) is 0 Å². The highest BCUT2D eigenvalue weighted by Gasteiger charge is 2.25. The lowest BCUT2D eigenvalue weighted by Crippen LogP contribution is -2.39. The molecule has 1 amide bonds. The van der Waals surface area contributed by atoms with Crippen molar-refractivity contribution in [2.24, 2.45) is 18.7 Å². The summed E-state index contributed by atoms with van der Waals surface area (Å²) in [4.78, 5) is 23.3. The topological polar surface area (TPSA) is 77.0 Å². The van der Waals surface area contributed by atoms with Crippen molar-refractivity contribution < 1.29 is 4.79 Å². The van der Waals surface area contributed by atoms with Gasteiger partial charge in [-0.2, -0.15) is 0 Å². The largest absolute Gasteiger partial charge is 0.369 e. The number of hydrogen-bond acceptors (Lipinski definition) is 4. The summed E-state index contributed by atoms with van der Waals surface area (Å²) in [7, 11) is 2.03. The van der Waals surface area contributed by atoms with Gasteiger partial charge in [0.2, 0.25) is 11.9 Å². The van der Waals surface area contributed by atoms with Crippen LogP contribution in [0.3, 0.4) is 0 Å². The average Bonchev–Trinajstić information content (AvgIpc) is 3.15. The molecule has 1 aliphatic heterocycles. The number of aromatic nitrogens is 3. The van der Waals surface area contributed by atoms with Gasteiger partial charge in [-0.25, -0.2) is 4.98 Å². The minimum Gasteiger partial charge on any atom is -0.369 e. The van der Waals surface area contributed by atoms with Crippen LogP contribution in [0.5, 0.6) is 0 Å². The van der Waals surface area contributed by atoms with Crippen LogP contribution in [0.25, 0.3) is 33.4 Å². The highest BCUT2D eigenvalue weighted by molar-refractivity contribution is 6.30. The van der Waals surface area contributed by atoms with Crippen LogP contribution in [0.2, 0.25) is 5.02 Å². The van der Waals surface area contributed by atoms with Gasteiger partial charge in [0.15, 0.2) is 0 Å². The summed E-state index contributed by atoms with van der Waals surface area (Å²) in [5.74, 6) is 0.689. The van der Waals surface area contributed by atoms with Crippen LogP contribution in [0.1, 0.15) is 12.8 Å². The number of halogens is 1. The van der Waals surface area contributed by atoms with Gasteiger partial charge in [0.05, 0.1) is 16.7 Å². The van der Waals surface area contributed by atoms with Crippen molar-refractivity contribution in [3.8, 4) is 22.4 Å². The Hall–Kier alpha value is -3.38. The van der Waals surface area contributed by atoms with Crippen LogP contribution in [-0.2, 0) is 11.8 Å². The number of carbonyl (C=O) groups excluding carboxylic acids is 1. The fourth-order valence-electron chi connectivity index (χ4n) is 4.37. The van der Waals surface area contributed by atoms with Gasteiger partial charge >= 0.3 is 0 Å². The number of aryl methyl sites for hydroxylation is 1. The third-order valence-electron chi connectivity index (χ3n) is 6.27. The van der Waals surface area contributed by atoms with Crippen molar-refractivity contribution in [2.45, 2.75) is 12.8 Å². The monoisotopic (exact) mass is 445 g/mol. The Labute approximate surface area is 191 Å². The summed E-state index contributed by atoms with van der Waals surface area (Å²) in [5, 5.41) is 0.721. The van der Waals surface area contributed by atoms with Crippen LogP contribution in [0.15, 0.2) is 60.8 Å². The van der Waals surface area contributed by atoms with Crippen molar-refractivity contribution >= 4 is 34.5 Å². The van der Waals surface area contributed by atoms with Crippen LogP contribution in [0.4, 0.5) is 5.95 Å². The second-order valence-electron chi connectivity index (χ2n) is 8.28. The first kappa shape index (κ1) is 20.5. The number of piperidine rings is 1. The van der Waals surface area contributed by atoms with Crippen LogP contribution in [-0.4, -0.2) is 33.5 Å².